The van der Waals surface area contributed by atoms with Crippen LogP contribution in [-0.4, -0.2) is 39.8 Å². The van der Waals surface area contributed by atoms with Crippen molar-refractivity contribution in [2.24, 2.45) is 0 Å². The van der Waals surface area contributed by atoms with E-state index in [9.17, 15) is 9.90 Å². The molecule has 2 aromatic carbocycles. The molecule has 34 heavy (non-hydrogen) atoms. The fourth-order valence-electron chi connectivity index (χ4n) is 4.55. The Labute approximate surface area is 198 Å². The van der Waals surface area contributed by atoms with Gasteiger partial charge in [0.05, 0.1) is 23.6 Å². The molecular formula is C24H18ClN7O2. The highest BCUT2D eigenvalue weighted by atomic mass is 35.5. The highest BCUT2D eigenvalue weighted by Crippen LogP contribution is 2.34. The van der Waals surface area contributed by atoms with Crippen LogP contribution >= 0.6 is 11.6 Å². The number of pyridine rings is 1. The van der Waals surface area contributed by atoms with Crippen molar-refractivity contribution in [1.29, 1.82) is 0 Å². The number of rotatable bonds is 4. The summed E-state index contributed by atoms with van der Waals surface area (Å²) in [6, 6.07) is 15.8. The number of H-pyrrole nitrogens is 1. The van der Waals surface area contributed by atoms with Crippen LogP contribution in [0.3, 0.4) is 0 Å². The van der Waals surface area contributed by atoms with Gasteiger partial charge in [-0.15, -0.1) is 5.10 Å². The van der Waals surface area contributed by atoms with Crippen molar-refractivity contribution in [3.63, 3.8) is 0 Å². The van der Waals surface area contributed by atoms with Crippen LogP contribution in [0.4, 0.5) is 0 Å². The van der Waals surface area contributed by atoms with Crippen molar-refractivity contribution in [3.8, 4) is 33.8 Å². The zero-order chi connectivity index (χ0) is 23.2. The van der Waals surface area contributed by atoms with Gasteiger partial charge in [-0.2, -0.15) is 4.68 Å². The lowest BCUT2D eigenvalue weighted by atomic mass is 10.0. The van der Waals surface area contributed by atoms with E-state index in [1.54, 1.807) is 45.8 Å². The molecule has 3 aromatic heterocycles. The van der Waals surface area contributed by atoms with Gasteiger partial charge in [-0.05, 0) is 65.2 Å². The Kier molecular flexibility index (Phi) is 4.77. The van der Waals surface area contributed by atoms with Gasteiger partial charge in [0.1, 0.15) is 17.9 Å². The average molecular weight is 472 g/mol. The Morgan fingerprint density at radius 3 is 2.82 bits per heavy atom. The number of hydrogen-bond acceptors (Lipinski definition) is 6. The standard InChI is InChI=1S/C24H18ClN7O2/c25-16-4-6-21(31-13-27-29-30-31)19(11-16)15-8-17-5-7-22(32(17)23(34)10-15)24-26-12-20(28-24)14-2-1-3-18(33)9-14/h1-4,6,8-13,22,33H,5,7H2,(H,26,28)/t22-/m0/s1. The molecule has 9 nitrogen and oxygen atoms in total. The van der Waals surface area contributed by atoms with Crippen molar-refractivity contribution in [2.45, 2.75) is 18.9 Å². The second-order valence-corrected chi connectivity index (χ2v) is 8.58. The number of aromatic nitrogens is 7. The van der Waals surface area contributed by atoms with E-state index in [1.165, 1.54) is 6.33 Å². The molecule has 0 fully saturated rings. The molecule has 2 N–H and O–H groups in total. The number of aromatic hydroxyl groups is 1. The Hall–Kier alpha value is -4.24. The number of phenolic OH excluding ortho intramolecular Hbond substituents is 1. The first-order chi connectivity index (χ1) is 16.6. The summed E-state index contributed by atoms with van der Waals surface area (Å²) in [5.74, 6) is 0.898. The molecule has 5 aromatic rings. The summed E-state index contributed by atoms with van der Waals surface area (Å²) in [5.41, 5.74) is 4.68. The SMILES string of the molecule is O=c1cc(-c2cc(Cl)ccc2-n2cnnn2)cc2n1[C@H](c1ncc(-c3cccc(O)c3)[nH]1)CC2. The van der Waals surface area contributed by atoms with E-state index < -0.39 is 0 Å². The second-order valence-electron chi connectivity index (χ2n) is 8.15. The van der Waals surface area contributed by atoms with Gasteiger partial charge in [0.25, 0.3) is 5.56 Å². The maximum Gasteiger partial charge on any atom is 0.252 e. The summed E-state index contributed by atoms with van der Waals surface area (Å²) in [4.78, 5) is 21.2. The normalized spacial score (nSPS) is 14.9. The number of nitrogens with zero attached hydrogens (tertiary/aromatic N) is 6. The number of fused-ring (bicyclic) bond motifs is 1. The third-order valence-corrected chi connectivity index (χ3v) is 6.30. The molecular weight excluding hydrogens is 454 g/mol. The van der Waals surface area contributed by atoms with Gasteiger partial charge < -0.3 is 14.7 Å². The monoisotopic (exact) mass is 471 g/mol. The number of halogens is 1. The highest BCUT2D eigenvalue weighted by Gasteiger charge is 2.28. The van der Waals surface area contributed by atoms with Crippen molar-refractivity contribution in [1.82, 2.24) is 34.7 Å². The van der Waals surface area contributed by atoms with E-state index >= 15 is 0 Å². The molecule has 0 saturated heterocycles. The summed E-state index contributed by atoms with van der Waals surface area (Å²) >= 11 is 6.28. The predicted octanol–water partition coefficient (Wildman–Crippen LogP) is 3.78. The highest BCUT2D eigenvalue weighted by molar-refractivity contribution is 6.31. The van der Waals surface area contributed by atoms with Crippen LogP contribution in [0.5, 0.6) is 5.75 Å². The molecule has 10 heteroatoms. The van der Waals surface area contributed by atoms with Crippen molar-refractivity contribution in [2.75, 3.05) is 0 Å². The number of aromatic amines is 1. The first kappa shape index (κ1) is 20.4. The van der Waals surface area contributed by atoms with Crippen LogP contribution < -0.4 is 5.56 Å². The number of phenols is 1. The van der Waals surface area contributed by atoms with Gasteiger partial charge >= 0.3 is 0 Å². The summed E-state index contributed by atoms with van der Waals surface area (Å²) < 4.78 is 3.33. The molecule has 168 valence electrons. The largest absolute Gasteiger partial charge is 0.508 e. The molecule has 0 amide bonds. The summed E-state index contributed by atoms with van der Waals surface area (Å²) in [5, 5.41) is 21.7. The summed E-state index contributed by atoms with van der Waals surface area (Å²) in [6.07, 6.45) is 4.72. The van der Waals surface area contributed by atoms with E-state index in [4.69, 9.17) is 11.6 Å². The van der Waals surface area contributed by atoms with E-state index in [-0.39, 0.29) is 17.4 Å². The molecule has 0 saturated carbocycles. The first-order valence-corrected chi connectivity index (χ1v) is 11.1. The molecule has 1 atom stereocenters. The van der Waals surface area contributed by atoms with Gasteiger partial charge in [-0.1, -0.05) is 23.7 Å². The number of nitrogens with one attached hydrogen (secondary N) is 1. The molecule has 0 spiro atoms. The number of imidazole rings is 1. The van der Waals surface area contributed by atoms with Gasteiger partial charge in [-0.3, -0.25) is 4.79 Å². The fourth-order valence-corrected chi connectivity index (χ4v) is 4.72. The zero-order valence-corrected chi connectivity index (χ0v) is 18.5. The van der Waals surface area contributed by atoms with Crippen molar-refractivity contribution >= 4 is 11.6 Å². The molecule has 6 rings (SSSR count). The van der Waals surface area contributed by atoms with Crippen LogP contribution in [0, 0.1) is 0 Å². The van der Waals surface area contributed by atoms with Gasteiger partial charge in [0, 0.05) is 27.9 Å². The molecule has 0 aliphatic carbocycles. The van der Waals surface area contributed by atoms with Crippen molar-refractivity contribution in [3.05, 3.63) is 94.0 Å². The van der Waals surface area contributed by atoms with Crippen LogP contribution in [-0.2, 0) is 6.42 Å². The molecule has 0 unspecified atom stereocenters. The lowest BCUT2D eigenvalue weighted by molar-refractivity contribution is 0.475. The summed E-state index contributed by atoms with van der Waals surface area (Å²) in [7, 11) is 0. The van der Waals surface area contributed by atoms with E-state index in [2.05, 4.69) is 25.5 Å². The van der Waals surface area contributed by atoms with Crippen LogP contribution in [0.2, 0.25) is 5.02 Å². The Morgan fingerprint density at radius 1 is 1.09 bits per heavy atom. The Bertz CT molecular complexity index is 1570. The van der Waals surface area contributed by atoms with E-state index in [1.807, 2.05) is 24.3 Å². The quantitative estimate of drug-likeness (QED) is 0.412. The first-order valence-electron chi connectivity index (χ1n) is 10.7. The minimum Gasteiger partial charge on any atom is -0.508 e. The smallest absolute Gasteiger partial charge is 0.252 e. The lowest BCUT2D eigenvalue weighted by Crippen LogP contribution is -2.23. The molecule has 4 heterocycles. The predicted molar refractivity (Wildman–Crippen MR) is 126 cm³/mol. The fraction of sp³-hybridized carbons (Fsp3) is 0.125. The van der Waals surface area contributed by atoms with Crippen LogP contribution in [0.15, 0.2) is 71.9 Å². The number of aryl methyl sites for hydroxylation is 1. The summed E-state index contributed by atoms with van der Waals surface area (Å²) in [6.45, 7) is 0. The number of benzene rings is 2. The Balaban J connectivity index is 1.39. The van der Waals surface area contributed by atoms with Crippen LogP contribution in [0.1, 0.15) is 24.0 Å². The van der Waals surface area contributed by atoms with Crippen LogP contribution in [0.25, 0.3) is 28.1 Å². The molecule has 0 bridgehead atoms. The average Bonchev–Trinajstić information content (AvgIpc) is 3.59. The second kappa shape index (κ2) is 7.96. The van der Waals surface area contributed by atoms with Gasteiger partial charge in [0.15, 0.2) is 0 Å². The Morgan fingerprint density at radius 2 is 2.00 bits per heavy atom. The molecule has 0 radical (unpaired) electrons. The van der Waals surface area contributed by atoms with Gasteiger partial charge in [-0.25, -0.2) is 4.98 Å². The van der Waals surface area contributed by atoms with E-state index in [0.29, 0.717) is 10.8 Å². The number of hydrogen-bond donors (Lipinski definition) is 2. The topological polar surface area (TPSA) is 115 Å². The zero-order valence-electron chi connectivity index (χ0n) is 17.8. The minimum atomic E-state index is -0.194. The maximum atomic E-state index is 13.3. The minimum absolute atomic E-state index is 0.118. The van der Waals surface area contributed by atoms with Crippen molar-refractivity contribution < 1.29 is 5.11 Å². The van der Waals surface area contributed by atoms with Gasteiger partial charge in [0.2, 0.25) is 0 Å². The van der Waals surface area contributed by atoms with E-state index in [0.717, 1.165) is 46.6 Å². The lowest BCUT2D eigenvalue weighted by Gasteiger charge is -2.15. The number of tetrazole rings is 1. The molecule has 1 aliphatic rings. The third-order valence-electron chi connectivity index (χ3n) is 6.07. The molecule has 1 aliphatic heterocycles. The maximum absolute atomic E-state index is 13.3. The third kappa shape index (κ3) is 3.46.